The maximum Gasteiger partial charge on any atom is 0.322 e. The van der Waals surface area contributed by atoms with Crippen molar-refractivity contribution in [3.05, 3.63) is 0 Å². The van der Waals surface area contributed by atoms with Gasteiger partial charge in [0.25, 0.3) is 0 Å². The van der Waals surface area contributed by atoms with Crippen molar-refractivity contribution in [1.29, 1.82) is 0 Å². The molecule has 0 saturated carbocycles. The number of carbonyl (C=O) groups is 6. The Morgan fingerprint density at radius 2 is 1.33 bits per heavy atom. The van der Waals surface area contributed by atoms with Gasteiger partial charge in [-0.3, -0.25) is 28.8 Å². The van der Waals surface area contributed by atoms with E-state index in [1.807, 2.05) is 10.6 Å². The molecule has 5 amide bonds. The Balaban J connectivity index is 5.00. The Labute approximate surface area is 152 Å². The molecule has 27 heavy (non-hydrogen) atoms. The number of carboxylic acids is 1. The van der Waals surface area contributed by atoms with Crippen molar-refractivity contribution in [2.45, 2.75) is 31.0 Å². The zero-order valence-electron chi connectivity index (χ0n) is 14.1. The predicted octanol–water partition coefficient (Wildman–Crippen LogP) is -5.77. The molecule has 0 rings (SSSR count). The Kier molecular flexibility index (Phi) is 10.0. The number of hydrogen-bond acceptors (Lipinski definition) is 8. The molecule has 0 aliphatic rings. The molecule has 0 radical (unpaired) electrons. The van der Waals surface area contributed by atoms with E-state index in [-0.39, 0.29) is 0 Å². The fourth-order valence-electron chi connectivity index (χ4n) is 1.75. The average molecular weight is 390 g/mol. The summed E-state index contributed by atoms with van der Waals surface area (Å²) in [5.74, 6) is -6.26. The highest BCUT2D eigenvalue weighted by atomic mass is 16.4. The highest BCUT2D eigenvalue weighted by Crippen LogP contribution is 1.96. The summed E-state index contributed by atoms with van der Waals surface area (Å²) in [4.78, 5) is 68.0. The van der Waals surface area contributed by atoms with Crippen LogP contribution in [0.5, 0.6) is 0 Å². The first-order valence-electron chi connectivity index (χ1n) is 7.51. The highest BCUT2D eigenvalue weighted by Gasteiger charge is 2.29. The van der Waals surface area contributed by atoms with Gasteiger partial charge in [0.05, 0.1) is 25.5 Å². The molecule has 0 spiro atoms. The highest BCUT2D eigenvalue weighted by molar-refractivity contribution is 5.96. The van der Waals surface area contributed by atoms with Gasteiger partial charge in [0.2, 0.25) is 29.5 Å². The molecule has 0 aromatic carbocycles. The van der Waals surface area contributed by atoms with Crippen LogP contribution in [0.25, 0.3) is 0 Å². The first-order valence-corrected chi connectivity index (χ1v) is 7.51. The number of aliphatic hydroxyl groups is 1. The third kappa shape index (κ3) is 9.71. The molecule has 0 bridgehead atoms. The van der Waals surface area contributed by atoms with Crippen LogP contribution < -0.4 is 33.2 Å². The van der Waals surface area contributed by atoms with Crippen LogP contribution in [0.3, 0.4) is 0 Å². The molecular formula is C13H22N6O8. The van der Waals surface area contributed by atoms with E-state index in [1.54, 1.807) is 0 Å². The van der Waals surface area contributed by atoms with Crippen LogP contribution >= 0.6 is 0 Å². The molecule has 11 N–H and O–H groups in total. The number of carboxylic acid groups (broad SMARTS) is 1. The fourth-order valence-corrected chi connectivity index (χ4v) is 1.75. The molecule has 14 heteroatoms. The second-order valence-corrected chi connectivity index (χ2v) is 5.36. The van der Waals surface area contributed by atoms with Gasteiger partial charge in [0.1, 0.15) is 18.6 Å². The van der Waals surface area contributed by atoms with Crippen LogP contribution in [0.2, 0.25) is 0 Å². The summed E-state index contributed by atoms with van der Waals surface area (Å²) < 4.78 is 0. The van der Waals surface area contributed by atoms with E-state index in [0.717, 1.165) is 0 Å². The van der Waals surface area contributed by atoms with Gasteiger partial charge in [-0.1, -0.05) is 0 Å². The van der Waals surface area contributed by atoms with Crippen molar-refractivity contribution in [1.82, 2.24) is 16.0 Å². The summed E-state index contributed by atoms with van der Waals surface area (Å²) in [5.41, 5.74) is 15.3. The predicted molar refractivity (Wildman–Crippen MR) is 87.2 cm³/mol. The van der Waals surface area contributed by atoms with Gasteiger partial charge in [0, 0.05) is 0 Å². The zero-order valence-corrected chi connectivity index (χ0v) is 14.1. The van der Waals surface area contributed by atoms with E-state index in [9.17, 15) is 33.9 Å². The van der Waals surface area contributed by atoms with E-state index in [0.29, 0.717) is 0 Å². The van der Waals surface area contributed by atoms with E-state index in [2.05, 4.69) is 5.32 Å². The molecule has 0 aromatic rings. The Morgan fingerprint density at radius 1 is 0.815 bits per heavy atom. The fraction of sp³-hybridized carbons (Fsp3) is 0.538. The first-order chi connectivity index (χ1) is 12.5. The number of aliphatic hydroxyl groups excluding tert-OH is 1. The van der Waals surface area contributed by atoms with Crippen molar-refractivity contribution in [2.75, 3.05) is 13.2 Å². The number of hydrogen-bond donors (Lipinski definition) is 8. The van der Waals surface area contributed by atoms with Crippen LogP contribution in [-0.4, -0.2) is 77.0 Å². The van der Waals surface area contributed by atoms with Gasteiger partial charge in [-0.2, -0.15) is 0 Å². The van der Waals surface area contributed by atoms with Crippen LogP contribution in [-0.2, 0) is 28.8 Å². The normalized spacial score (nSPS) is 13.6. The molecule has 3 unspecified atom stereocenters. The van der Waals surface area contributed by atoms with Crippen molar-refractivity contribution in [3.8, 4) is 0 Å². The van der Waals surface area contributed by atoms with E-state index in [4.69, 9.17) is 22.3 Å². The largest absolute Gasteiger partial charge is 0.480 e. The minimum atomic E-state index is -1.57. The average Bonchev–Trinajstić information content (AvgIpc) is 2.55. The van der Waals surface area contributed by atoms with Crippen molar-refractivity contribution < 1.29 is 39.0 Å². The number of amides is 5. The number of nitrogens with one attached hydrogen (secondary N) is 3. The van der Waals surface area contributed by atoms with Gasteiger partial charge >= 0.3 is 5.97 Å². The number of nitrogens with two attached hydrogens (primary N) is 3. The van der Waals surface area contributed by atoms with Crippen molar-refractivity contribution >= 4 is 35.5 Å². The molecule has 0 heterocycles. The van der Waals surface area contributed by atoms with Crippen LogP contribution in [0, 0.1) is 0 Å². The lowest BCUT2D eigenvalue weighted by atomic mass is 10.1. The second-order valence-electron chi connectivity index (χ2n) is 5.36. The lowest BCUT2D eigenvalue weighted by molar-refractivity contribution is -0.139. The molecule has 0 aromatic heterocycles. The Morgan fingerprint density at radius 3 is 1.78 bits per heavy atom. The number of carbonyl (C=O) groups excluding carboxylic acids is 5. The lowest BCUT2D eigenvalue weighted by Gasteiger charge is -2.22. The van der Waals surface area contributed by atoms with Crippen molar-refractivity contribution in [3.63, 3.8) is 0 Å². The molecule has 152 valence electrons. The molecule has 0 saturated heterocycles. The standard InChI is InChI=1S/C13H22N6O8/c14-5(1-8(15)21)11(25)19-7(4-20)13(27)18-6(2-9(16)22)12(26)17-3-10(23)24/h5-7,20H,1-4,14H2,(H2,15,21)(H2,16,22)(H,17,26)(H,18,27)(H,19,25)(H,23,24). The molecule has 0 aliphatic heterocycles. The minimum Gasteiger partial charge on any atom is -0.480 e. The molecule has 0 fully saturated rings. The van der Waals surface area contributed by atoms with Gasteiger partial charge in [-0.25, -0.2) is 0 Å². The summed E-state index contributed by atoms with van der Waals surface area (Å²) in [5, 5.41) is 23.8. The number of primary amides is 2. The first kappa shape index (κ1) is 23.7. The smallest absolute Gasteiger partial charge is 0.322 e. The molecule has 14 nitrogen and oxygen atoms in total. The Bertz CT molecular complexity index is 610. The summed E-state index contributed by atoms with van der Waals surface area (Å²) in [6.07, 6.45) is -1.17. The zero-order chi connectivity index (χ0) is 21.1. The number of rotatable bonds is 12. The van der Waals surface area contributed by atoms with Gasteiger partial charge in [-0.15, -0.1) is 0 Å². The minimum absolute atomic E-state index is 0.506. The lowest BCUT2D eigenvalue weighted by Crippen LogP contribution is -2.58. The van der Waals surface area contributed by atoms with Crippen LogP contribution in [0.1, 0.15) is 12.8 Å². The van der Waals surface area contributed by atoms with E-state index in [1.165, 1.54) is 0 Å². The third-order valence-electron chi connectivity index (χ3n) is 3.03. The second kappa shape index (κ2) is 11.4. The van der Waals surface area contributed by atoms with Gasteiger partial charge in [-0.05, 0) is 0 Å². The summed E-state index contributed by atoms with van der Waals surface area (Å²) in [7, 11) is 0. The summed E-state index contributed by atoms with van der Waals surface area (Å²) in [6, 6.07) is -4.48. The summed E-state index contributed by atoms with van der Waals surface area (Å²) >= 11 is 0. The summed E-state index contributed by atoms with van der Waals surface area (Å²) in [6.45, 7) is -1.67. The molecular weight excluding hydrogens is 368 g/mol. The van der Waals surface area contributed by atoms with Crippen LogP contribution in [0.15, 0.2) is 0 Å². The van der Waals surface area contributed by atoms with Crippen LogP contribution in [0.4, 0.5) is 0 Å². The Hall–Kier alpha value is -3.26. The maximum atomic E-state index is 12.1. The number of aliphatic carboxylic acids is 1. The third-order valence-corrected chi connectivity index (χ3v) is 3.03. The quantitative estimate of drug-likeness (QED) is 0.157. The molecule has 3 atom stereocenters. The van der Waals surface area contributed by atoms with E-state index >= 15 is 0 Å². The van der Waals surface area contributed by atoms with Gasteiger partial charge in [0.15, 0.2) is 0 Å². The topological polar surface area (TPSA) is 257 Å². The van der Waals surface area contributed by atoms with Crippen molar-refractivity contribution in [2.24, 2.45) is 17.2 Å². The van der Waals surface area contributed by atoms with E-state index < -0.39 is 79.6 Å². The monoisotopic (exact) mass is 390 g/mol. The maximum absolute atomic E-state index is 12.1. The molecule has 0 aliphatic carbocycles. The SMILES string of the molecule is NC(=O)CC(N)C(=O)NC(CO)C(=O)NC(CC(N)=O)C(=O)NCC(=O)O. The van der Waals surface area contributed by atoms with Gasteiger partial charge < -0.3 is 43.4 Å².